The Morgan fingerprint density at radius 2 is 2.00 bits per heavy atom. The van der Waals surface area contributed by atoms with Gasteiger partial charge in [-0.05, 0) is 39.2 Å². The second kappa shape index (κ2) is 7.43. The number of nitrogens with one attached hydrogen (secondary N) is 1. The molecule has 0 saturated heterocycles. The van der Waals surface area contributed by atoms with Gasteiger partial charge in [-0.25, -0.2) is 0 Å². The minimum Gasteiger partial charge on any atom is -0.380 e. The van der Waals surface area contributed by atoms with Crippen LogP contribution in [0.2, 0.25) is 0 Å². The number of halogens is 1. The summed E-state index contributed by atoms with van der Waals surface area (Å²) in [5, 5.41) is 3.47. The predicted molar refractivity (Wildman–Crippen MR) is 86.7 cm³/mol. The van der Waals surface area contributed by atoms with Crippen molar-refractivity contribution in [2.75, 3.05) is 19.0 Å². The fraction of sp³-hybridized carbons (Fsp3) is 0.250. The molecule has 20 heavy (non-hydrogen) atoms. The van der Waals surface area contributed by atoms with Crippen LogP contribution >= 0.6 is 15.9 Å². The van der Waals surface area contributed by atoms with E-state index in [1.165, 1.54) is 0 Å². The van der Waals surface area contributed by atoms with Gasteiger partial charge in [0.2, 0.25) is 0 Å². The molecule has 1 unspecified atom stereocenters. The fourth-order valence-corrected chi connectivity index (χ4v) is 2.51. The molecule has 0 heterocycles. The van der Waals surface area contributed by atoms with Crippen LogP contribution in [0.25, 0.3) is 0 Å². The Labute approximate surface area is 128 Å². The summed E-state index contributed by atoms with van der Waals surface area (Å²) in [6.07, 6.45) is 0. The maximum absolute atomic E-state index is 5.92. The molecule has 3 nitrogen and oxygen atoms in total. The van der Waals surface area contributed by atoms with Gasteiger partial charge in [-0.15, -0.1) is 0 Å². The molecule has 0 aromatic heterocycles. The van der Waals surface area contributed by atoms with Gasteiger partial charge in [0.1, 0.15) is 0 Å². The Morgan fingerprint density at radius 1 is 1.20 bits per heavy atom. The number of hydrogen-bond donors (Lipinski definition) is 2. The van der Waals surface area contributed by atoms with Crippen molar-refractivity contribution in [2.24, 2.45) is 5.73 Å². The van der Waals surface area contributed by atoms with Gasteiger partial charge in [-0.1, -0.05) is 36.4 Å². The largest absolute Gasteiger partial charge is 0.380 e. The van der Waals surface area contributed by atoms with Crippen molar-refractivity contribution in [3.8, 4) is 0 Å². The topological polar surface area (TPSA) is 47.3 Å². The molecule has 0 saturated carbocycles. The van der Waals surface area contributed by atoms with Crippen LogP contribution < -0.4 is 11.1 Å². The summed E-state index contributed by atoms with van der Waals surface area (Å²) >= 11 is 3.54. The Morgan fingerprint density at radius 3 is 2.70 bits per heavy atom. The summed E-state index contributed by atoms with van der Waals surface area (Å²) in [5.74, 6) is 0. The first-order valence-corrected chi connectivity index (χ1v) is 7.33. The molecule has 3 N–H and O–H groups in total. The zero-order valence-electron chi connectivity index (χ0n) is 11.5. The van der Waals surface area contributed by atoms with Crippen molar-refractivity contribution >= 4 is 21.6 Å². The van der Waals surface area contributed by atoms with Crippen molar-refractivity contribution in [3.63, 3.8) is 0 Å². The maximum Gasteiger partial charge on any atom is 0.0713 e. The van der Waals surface area contributed by atoms with Crippen molar-refractivity contribution in [1.82, 2.24) is 0 Å². The molecule has 0 radical (unpaired) electrons. The Bertz CT molecular complexity index is 560. The fourth-order valence-electron chi connectivity index (χ4n) is 2.11. The van der Waals surface area contributed by atoms with E-state index < -0.39 is 0 Å². The van der Waals surface area contributed by atoms with E-state index in [1.54, 1.807) is 7.11 Å². The summed E-state index contributed by atoms with van der Waals surface area (Å²) in [6.45, 7) is 1.14. The standard InChI is InChI=1S/C16H19BrN2O/c1-20-11-12-5-4-6-13(9-12)16(10-18)19-15-8-3-2-7-14(15)17/h2-9,16,19H,10-11,18H2,1H3. The monoisotopic (exact) mass is 334 g/mol. The molecular formula is C16H19BrN2O. The number of nitrogens with two attached hydrogens (primary N) is 1. The molecule has 0 aliphatic rings. The molecule has 0 amide bonds. The molecule has 2 rings (SSSR count). The van der Waals surface area contributed by atoms with E-state index in [0.717, 1.165) is 21.3 Å². The molecule has 0 bridgehead atoms. The Balaban J connectivity index is 2.20. The number of hydrogen-bond acceptors (Lipinski definition) is 3. The Kier molecular flexibility index (Phi) is 5.59. The van der Waals surface area contributed by atoms with E-state index in [1.807, 2.05) is 30.3 Å². The molecule has 0 aliphatic carbocycles. The van der Waals surface area contributed by atoms with Gasteiger partial charge in [-0.3, -0.25) is 0 Å². The number of para-hydroxylation sites is 1. The van der Waals surface area contributed by atoms with E-state index in [0.29, 0.717) is 13.2 Å². The van der Waals surface area contributed by atoms with Crippen LogP contribution in [0, 0.1) is 0 Å². The molecule has 0 aliphatic heterocycles. The van der Waals surface area contributed by atoms with Crippen molar-refractivity contribution in [2.45, 2.75) is 12.6 Å². The number of rotatable bonds is 6. The summed E-state index contributed by atoms with van der Waals surface area (Å²) in [7, 11) is 1.70. The van der Waals surface area contributed by atoms with Crippen LogP contribution in [0.1, 0.15) is 17.2 Å². The van der Waals surface area contributed by atoms with E-state index in [-0.39, 0.29) is 6.04 Å². The van der Waals surface area contributed by atoms with E-state index in [4.69, 9.17) is 10.5 Å². The second-order valence-corrected chi connectivity index (χ2v) is 5.44. The summed E-state index contributed by atoms with van der Waals surface area (Å²) < 4.78 is 6.21. The third-order valence-corrected chi connectivity index (χ3v) is 3.80. The van der Waals surface area contributed by atoms with Crippen molar-refractivity contribution in [1.29, 1.82) is 0 Å². The van der Waals surface area contributed by atoms with Crippen LogP contribution in [0.4, 0.5) is 5.69 Å². The first-order chi connectivity index (χ1) is 9.74. The first kappa shape index (κ1) is 15.0. The minimum absolute atomic E-state index is 0.0745. The van der Waals surface area contributed by atoms with Crippen LogP contribution in [0.5, 0.6) is 0 Å². The highest BCUT2D eigenvalue weighted by Gasteiger charge is 2.11. The van der Waals surface area contributed by atoms with E-state index >= 15 is 0 Å². The van der Waals surface area contributed by atoms with Gasteiger partial charge in [0.25, 0.3) is 0 Å². The number of ether oxygens (including phenoxy) is 1. The normalized spacial score (nSPS) is 12.2. The second-order valence-electron chi connectivity index (χ2n) is 4.59. The average molecular weight is 335 g/mol. The predicted octanol–water partition coefficient (Wildman–Crippen LogP) is 3.71. The highest BCUT2D eigenvalue weighted by molar-refractivity contribution is 9.10. The summed E-state index contributed by atoms with van der Waals surface area (Å²) in [5.41, 5.74) is 9.27. The minimum atomic E-state index is 0.0745. The molecule has 2 aromatic rings. The van der Waals surface area contributed by atoms with Crippen LogP contribution in [-0.2, 0) is 11.3 Å². The Hall–Kier alpha value is -1.36. The van der Waals surface area contributed by atoms with Gasteiger partial charge < -0.3 is 15.8 Å². The van der Waals surface area contributed by atoms with Crippen LogP contribution in [0.3, 0.4) is 0 Å². The zero-order valence-corrected chi connectivity index (χ0v) is 13.1. The van der Waals surface area contributed by atoms with Gasteiger partial charge in [0.15, 0.2) is 0 Å². The smallest absolute Gasteiger partial charge is 0.0713 e. The van der Waals surface area contributed by atoms with Crippen molar-refractivity contribution < 1.29 is 4.74 Å². The van der Waals surface area contributed by atoms with E-state index in [2.05, 4.69) is 39.4 Å². The number of benzene rings is 2. The molecule has 0 spiro atoms. The quantitative estimate of drug-likeness (QED) is 0.846. The van der Waals surface area contributed by atoms with Crippen LogP contribution in [-0.4, -0.2) is 13.7 Å². The molecule has 1 atom stereocenters. The van der Waals surface area contributed by atoms with Gasteiger partial charge >= 0.3 is 0 Å². The average Bonchev–Trinajstić information content (AvgIpc) is 2.47. The van der Waals surface area contributed by atoms with Gasteiger partial charge in [0, 0.05) is 23.8 Å². The highest BCUT2D eigenvalue weighted by Crippen LogP contribution is 2.26. The number of anilines is 1. The first-order valence-electron chi connectivity index (χ1n) is 6.53. The molecular weight excluding hydrogens is 316 g/mol. The lowest BCUT2D eigenvalue weighted by atomic mass is 10.0. The summed E-state index contributed by atoms with van der Waals surface area (Å²) in [6, 6.07) is 16.4. The molecule has 106 valence electrons. The number of methoxy groups -OCH3 is 1. The molecule has 4 heteroatoms. The maximum atomic E-state index is 5.92. The lowest BCUT2D eigenvalue weighted by Crippen LogP contribution is -2.21. The van der Waals surface area contributed by atoms with Crippen molar-refractivity contribution in [3.05, 3.63) is 64.1 Å². The third-order valence-electron chi connectivity index (χ3n) is 3.10. The third kappa shape index (κ3) is 3.82. The SMILES string of the molecule is COCc1cccc(C(CN)Nc2ccccc2Br)c1. The van der Waals surface area contributed by atoms with Crippen LogP contribution in [0.15, 0.2) is 53.0 Å². The highest BCUT2D eigenvalue weighted by atomic mass is 79.9. The van der Waals surface area contributed by atoms with E-state index in [9.17, 15) is 0 Å². The lowest BCUT2D eigenvalue weighted by molar-refractivity contribution is 0.185. The summed E-state index contributed by atoms with van der Waals surface area (Å²) in [4.78, 5) is 0. The molecule has 2 aromatic carbocycles. The molecule has 0 fully saturated rings. The zero-order chi connectivity index (χ0) is 14.4. The van der Waals surface area contributed by atoms with Gasteiger partial charge in [0.05, 0.1) is 12.6 Å². The van der Waals surface area contributed by atoms with Gasteiger partial charge in [-0.2, -0.15) is 0 Å². The lowest BCUT2D eigenvalue weighted by Gasteiger charge is -2.20.